The Morgan fingerprint density at radius 2 is 1.93 bits per heavy atom. The second-order valence-corrected chi connectivity index (χ2v) is 3.60. The van der Waals surface area contributed by atoms with E-state index in [9.17, 15) is 4.79 Å². The van der Waals surface area contributed by atoms with Gasteiger partial charge in [0.05, 0.1) is 0 Å². The summed E-state index contributed by atoms with van der Waals surface area (Å²) in [5.41, 5.74) is 5.80. The maximum atomic E-state index is 11.2. The first-order valence-electron chi connectivity index (χ1n) is 4.20. The van der Waals surface area contributed by atoms with Crippen LogP contribution in [-0.2, 0) is 0 Å². The second-order valence-electron chi connectivity index (χ2n) is 3.08. The van der Waals surface area contributed by atoms with Crippen LogP contribution in [0.4, 0.5) is 0 Å². The maximum Gasteiger partial charge on any atom is 0.249 e. The summed E-state index contributed by atoms with van der Waals surface area (Å²) in [6, 6.07) is 11.2. The predicted molar refractivity (Wildman–Crippen MR) is 59.7 cm³/mol. The molecule has 0 aliphatic rings. The second kappa shape index (κ2) is 3.35. The summed E-state index contributed by atoms with van der Waals surface area (Å²) >= 11 is 4.22. The van der Waals surface area contributed by atoms with Crippen LogP contribution >= 0.6 is 12.6 Å². The van der Waals surface area contributed by atoms with Crippen LogP contribution in [0.1, 0.15) is 10.4 Å². The zero-order chi connectivity index (χ0) is 10.1. The topological polar surface area (TPSA) is 43.1 Å². The van der Waals surface area contributed by atoms with Crippen molar-refractivity contribution in [2.45, 2.75) is 4.90 Å². The minimum Gasteiger partial charge on any atom is -0.366 e. The van der Waals surface area contributed by atoms with Gasteiger partial charge in [0.25, 0.3) is 0 Å². The number of benzene rings is 2. The van der Waals surface area contributed by atoms with Gasteiger partial charge in [-0.15, -0.1) is 12.6 Å². The number of nitrogens with two attached hydrogens (primary N) is 1. The molecule has 3 heteroatoms. The molecule has 0 bridgehead atoms. The first kappa shape index (κ1) is 9.09. The van der Waals surface area contributed by atoms with Gasteiger partial charge in [-0.2, -0.15) is 0 Å². The molecule has 0 radical (unpaired) electrons. The van der Waals surface area contributed by atoms with Crippen LogP contribution < -0.4 is 5.73 Å². The third-order valence-electron chi connectivity index (χ3n) is 2.11. The van der Waals surface area contributed by atoms with Crippen LogP contribution in [0.3, 0.4) is 0 Å². The molecule has 0 saturated heterocycles. The molecular weight excluding hydrogens is 194 g/mol. The molecule has 2 nitrogen and oxygen atoms in total. The molecule has 0 aliphatic carbocycles. The molecule has 0 saturated carbocycles. The van der Waals surface area contributed by atoms with Crippen LogP contribution in [0, 0.1) is 0 Å². The van der Waals surface area contributed by atoms with Crippen LogP contribution in [0.15, 0.2) is 41.3 Å². The summed E-state index contributed by atoms with van der Waals surface area (Å²) in [6.45, 7) is 0. The van der Waals surface area contributed by atoms with Gasteiger partial charge in [0.2, 0.25) is 5.91 Å². The number of rotatable bonds is 1. The first-order chi connectivity index (χ1) is 6.68. The van der Waals surface area contributed by atoms with E-state index in [4.69, 9.17) is 5.73 Å². The third kappa shape index (κ3) is 1.46. The highest BCUT2D eigenvalue weighted by Crippen LogP contribution is 2.22. The Hall–Kier alpha value is -1.48. The first-order valence-corrected chi connectivity index (χ1v) is 4.65. The van der Waals surface area contributed by atoms with E-state index >= 15 is 0 Å². The minimum atomic E-state index is -0.419. The Morgan fingerprint density at radius 3 is 2.64 bits per heavy atom. The third-order valence-corrected chi connectivity index (χ3v) is 2.37. The monoisotopic (exact) mass is 203 g/mol. The standard InChI is InChI=1S/C11H9NOS/c12-11(13)10-6-8(14)5-7-3-1-2-4-9(7)10/h1-6,14H,(H2,12,13). The van der Waals surface area contributed by atoms with Gasteiger partial charge >= 0.3 is 0 Å². The van der Waals surface area contributed by atoms with Gasteiger partial charge in [0.15, 0.2) is 0 Å². The van der Waals surface area contributed by atoms with E-state index in [2.05, 4.69) is 12.6 Å². The molecule has 0 spiro atoms. The fraction of sp³-hybridized carbons (Fsp3) is 0. The van der Waals surface area contributed by atoms with Gasteiger partial charge in [0, 0.05) is 10.5 Å². The maximum absolute atomic E-state index is 11.2. The summed E-state index contributed by atoms with van der Waals surface area (Å²) in [7, 11) is 0. The normalized spacial score (nSPS) is 10.4. The van der Waals surface area contributed by atoms with Crippen molar-refractivity contribution >= 4 is 29.3 Å². The molecule has 1 amide bonds. The summed E-state index contributed by atoms with van der Waals surface area (Å²) in [5, 5.41) is 1.85. The minimum absolute atomic E-state index is 0.419. The van der Waals surface area contributed by atoms with E-state index < -0.39 is 5.91 Å². The zero-order valence-electron chi connectivity index (χ0n) is 7.40. The van der Waals surface area contributed by atoms with Gasteiger partial charge in [0.1, 0.15) is 0 Å². The lowest BCUT2D eigenvalue weighted by molar-refractivity contribution is 0.100. The summed E-state index contributed by atoms with van der Waals surface area (Å²) in [6.07, 6.45) is 0. The number of fused-ring (bicyclic) bond motifs is 1. The summed E-state index contributed by atoms with van der Waals surface area (Å²) in [5.74, 6) is -0.419. The molecule has 0 heterocycles. The van der Waals surface area contributed by atoms with Crippen molar-refractivity contribution in [2.75, 3.05) is 0 Å². The molecule has 14 heavy (non-hydrogen) atoms. The van der Waals surface area contributed by atoms with Gasteiger partial charge in [-0.05, 0) is 22.9 Å². The lowest BCUT2D eigenvalue weighted by Crippen LogP contribution is -2.11. The van der Waals surface area contributed by atoms with Crippen LogP contribution in [0.25, 0.3) is 10.8 Å². The van der Waals surface area contributed by atoms with E-state index in [0.29, 0.717) is 5.56 Å². The van der Waals surface area contributed by atoms with E-state index in [-0.39, 0.29) is 0 Å². The molecular formula is C11H9NOS. The molecule has 2 aromatic carbocycles. The summed E-state index contributed by atoms with van der Waals surface area (Å²) < 4.78 is 0. The lowest BCUT2D eigenvalue weighted by Gasteiger charge is -2.04. The average Bonchev–Trinajstić information content (AvgIpc) is 2.16. The molecule has 2 aromatic rings. The highest BCUT2D eigenvalue weighted by Gasteiger charge is 2.06. The fourth-order valence-corrected chi connectivity index (χ4v) is 1.77. The van der Waals surface area contributed by atoms with Crippen molar-refractivity contribution in [2.24, 2.45) is 5.73 Å². The van der Waals surface area contributed by atoms with Gasteiger partial charge < -0.3 is 5.73 Å². The Balaban J connectivity index is 2.87. The predicted octanol–water partition coefficient (Wildman–Crippen LogP) is 2.23. The van der Waals surface area contributed by atoms with E-state index in [1.54, 1.807) is 6.07 Å². The molecule has 0 atom stereocenters. The molecule has 0 aromatic heterocycles. The van der Waals surface area contributed by atoms with Crippen molar-refractivity contribution in [1.82, 2.24) is 0 Å². The number of amides is 1. The van der Waals surface area contributed by atoms with E-state index in [0.717, 1.165) is 15.7 Å². The molecule has 70 valence electrons. The molecule has 0 fully saturated rings. The van der Waals surface area contributed by atoms with Crippen molar-refractivity contribution in [3.05, 3.63) is 42.0 Å². The SMILES string of the molecule is NC(=O)c1cc(S)cc2ccccc12. The highest BCUT2D eigenvalue weighted by molar-refractivity contribution is 7.80. The van der Waals surface area contributed by atoms with Gasteiger partial charge in [-0.3, -0.25) is 4.79 Å². The van der Waals surface area contributed by atoms with Crippen molar-refractivity contribution < 1.29 is 4.79 Å². The Kier molecular flexibility index (Phi) is 2.17. The van der Waals surface area contributed by atoms with E-state index in [1.165, 1.54) is 0 Å². The van der Waals surface area contributed by atoms with E-state index in [1.807, 2.05) is 30.3 Å². The quantitative estimate of drug-likeness (QED) is 0.686. The van der Waals surface area contributed by atoms with Crippen LogP contribution in [0.2, 0.25) is 0 Å². The van der Waals surface area contributed by atoms with Gasteiger partial charge in [-0.25, -0.2) is 0 Å². The highest BCUT2D eigenvalue weighted by atomic mass is 32.1. The number of hydrogen-bond donors (Lipinski definition) is 2. The number of primary amides is 1. The number of carbonyl (C=O) groups is 1. The number of thiol groups is 1. The zero-order valence-corrected chi connectivity index (χ0v) is 8.29. The largest absolute Gasteiger partial charge is 0.366 e. The average molecular weight is 203 g/mol. The number of hydrogen-bond acceptors (Lipinski definition) is 2. The number of carbonyl (C=O) groups excluding carboxylic acids is 1. The molecule has 2 rings (SSSR count). The van der Waals surface area contributed by atoms with Crippen LogP contribution in [0.5, 0.6) is 0 Å². The molecule has 2 N–H and O–H groups in total. The van der Waals surface area contributed by atoms with Crippen molar-refractivity contribution in [1.29, 1.82) is 0 Å². The lowest BCUT2D eigenvalue weighted by atomic mass is 10.0. The van der Waals surface area contributed by atoms with Gasteiger partial charge in [-0.1, -0.05) is 24.3 Å². The van der Waals surface area contributed by atoms with Crippen molar-refractivity contribution in [3.8, 4) is 0 Å². The molecule has 0 unspecified atom stereocenters. The van der Waals surface area contributed by atoms with Crippen LogP contribution in [-0.4, -0.2) is 5.91 Å². The Morgan fingerprint density at radius 1 is 1.21 bits per heavy atom. The Bertz CT molecular complexity index is 508. The fourth-order valence-electron chi connectivity index (χ4n) is 1.50. The summed E-state index contributed by atoms with van der Waals surface area (Å²) in [4.78, 5) is 11.9. The van der Waals surface area contributed by atoms with Crippen molar-refractivity contribution in [3.63, 3.8) is 0 Å². The molecule has 0 aliphatic heterocycles. The Labute approximate surface area is 87.1 Å². The smallest absolute Gasteiger partial charge is 0.249 e.